The number of allylic oxidation sites excluding steroid dienone is 3. The summed E-state index contributed by atoms with van der Waals surface area (Å²) in [5.41, 5.74) is 0. The summed E-state index contributed by atoms with van der Waals surface area (Å²) in [6, 6.07) is -0.795. The van der Waals surface area contributed by atoms with E-state index < -0.39 is 24.2 Å². The quantitative estimate of drug-likeness (QED) is 0.0381. The van der Waals surface area contributed by atoms with Crippen LogP contribution in [-0.2, 0) is 4.79 Å². The van der Waals surface area contributed by atoms with E-state index in [0.717, 1.165) is 32.1 Å². The highest BCUT2D eigenvalue weighted by Gasteiger charge is 2.22. The Bertz CT molecular complexity index is 724. The maximum atomic E-state index is 12.4. The Hall–Kier alpha value is -1.17. The van der Waals surface area contributed by atoms with Crippen LogP contribution in [0.3, 0.4) is 0 Å². The van der Waals surface area contributed by atoms with Crippen LogP contribution in [0.15, 0.2) is 24.3 Å². The Kier molecular flexibility index (Phi) is 38.7. The first-order chi connectivity index (χ1) is 24.1. The molecule has 0 aromatic heterocycles. The molecular weight excluding hydrogens is 606 g/mol. The van der Waals surface area contributed by atoms with Crippen LogP contribution < -0.4 is 5.32 Å². The lowest BCUT2D eigenvalue weighted by molar-refractivity contribution is -0.131. The number of carbonyl (C=O) groups is 1. The van der Waals surface area contributed by atoms with E-state index in [1.165, 1.54) is 173 Å². The van der Waals surface area contributed by atoms with Gasteiger partial charge in [0, 0.05) is 0 Å². The van der Waals surface area contributed by atoms with Crippen molar-refractivity contribution in [3.63, 3.8) is 0 Å². The number of rotatable bonds is 39. The van der Waals surface area contributed by atoms with Crippen molar-refractivity contribution < 1.29 is 20.1 Å². The highest BCUT2D eigenvalue weighted by atomic mass is 16.3. The molecule has 0 spiro atoms. The summed E-state index contributed by atoms with van der Waals surface area (Å²) in [4.78, 5) is 12.4. The smallest absolute Gasteiger partial charge is 0.249 e. The van der Waals surface area contributed by atoms with Crippen LogP contribution in [0.5, 0.6) is 0 Å². The Morgan fingerprint density at radius 3 is 1.18 bits per heavy atom. The molecule has 0 radical (unpaired) electrons. The first kappa shape index (κ1) is 47.8. The number of hydrogen-bond donors (Lipinski definition) is 4. The van der Waals surface area contributed by atoms with E-state index in [1.54, 1.807) is 6.08 Å². The largest absolute Gasteiger partial charge is 0.394 e. The molecule has 49 heavy (non-hydrogen) atoms. The van der Waals surface area contributed by atoms with Gasteiger partial charge in [0.25, 0.3) is 0 Å². The maximum Gasteiger partial charge on any atom is 0.249 e. The Balaban J connectivity index is 3.61. The molecule has 0 saturated heterocycles. The molecule has 0 aliphatic carbocycles. The number of unbranched alkanes of at least 4 members (excludes halogenated alkanes) is 29. The van der Waals surface area contributed by atoms with Gasteiger partial charge >= 0.3 is 0 Å². The molecule has 0 aromatic rings. The SMILES string of the molecule is CCCCCCCCCCC/C=C/C(O)C(CO)NC(=O)C(O)CCCCCCCCCC/C=C\CCCCCCCCCCCCCC. The third kappa shape index (κ3) is 35.0. The molecule has 4 N–H and O–H groups in total. The van der Waals surface area contributed by atoms with Crippen LogP contribution in [-0.4, -0.2) is 46.1 Å². The van der Waals surface area contributed by atoms with Gasteiger partial charge in [-0.15, -0.1) is 0 Å². The third-order valence-electron chi connectivity index (χ3n) is 10.0. The van der Waals surface area contributed by atoms with Gasteiger partial charge in [0.2, 0.25) is 5.91 Å². The second-order valence-electron chi connectivity index (χ2n) is 14.9. The number of aliphatic hydroxyl groups is 3. The van der Waals surface area contributed by atoms with Crippen molar-refractivity contribution in [2.24, 2.45) is 0 Å². The first-order valence-corrected chi connectivity index (χ1v) is 21.7. The molecule has 3 atom stereocenters. The van der Waals surface area contributed by atoms with Gasteiger partial charge in [-0.1, -0.05) is 205 Å². The van der Waals surface area contributed by atoms with Crippen molar-refractivity contribution in [1.29, 1.82) is 0 Å². The van der Waals surface area contributed by atoms with Crippen LogP contribution in [0.4, 0.5) is 0 Å². The molecule has 0 bridgehead atoms. The molecule has 0 aromatic carbocycles. The van der Waals surface area contributed by atoms with Gasteiger partial charge in [0.1, 0.15) is 6.10 Å². The van der Waals surface area contributed by atoms with Crippen LogP contribution in [0.25, 0.3) is 0 Å². The van der Waals surface area contributed by atoms with Crippen molar-refractivity contribution >= 4 is 5.91 Å². The fourth-order valence-electron chi connectivity index (χ4n) is 6.59. The van der Waals surface area contributed by atoms with E-state index in [9.17, 15) is 20.1 Å². The van der Waals surface area contributed by atoms with Gasteiger partial charge in [-0.05, 0) is 44.9 Å². The summed E-state index contributed by atoms with van der Waals surface area (Å²) in [5.74, 6) is -0.506. The zero-order valence-corrected chi connectivity index (χ0v) is 32.8. The zero-order valence-electron chi connectivity index (χ0n) is 32.8. The summed E-state index contributed by atoms with van der Waals surface area (Å²) >= 11 is 0. The van der Waals surface area contributed by atoms with Crippen molar-refractivity contribution in [3.05, 3.63) is 24.3 Å². The van der Waals surface area contributed by atoms with E-state index >= 15 is 0 Å². The highest BCUT2D eigenvalue weighted by Crippen LogP contribution is 2.15. The minimum Gasteiger partial charge on any atom is -0.394 e. The van der Waals surface area contributed by atoms with E-state index in [-0.39, 0.29) is 6.61 Å². The second-order valence-corrected chi connectivity index (χ2v) is 14.9. The summed E-state index contributed by atoms with van der Waals surface area (Å²) in [6.07, 6.45) is 47.9. The average molecular weight is 692 g/mol. The molecule has 0 saturated carbocycles. The Morgan fingerprint density at radius 2 is 0.816 bits per heavy atom. The molecule has 5 heteroatoms. The van der Waals surface area contributed by atoms with Crippen molar-refractivity contribution in [2.45, 2.75) is 244 Å². The fraction of sp³-hybridized carbons (Fsp3) is 0.886. The highest BCUT2D eigenvalue weighted by molar-refractivity contribution is 5.80. The lowest BCUT2D eigenvalue weighted by Gasteiger charge is -2.21. The van der Waals surface area contributed by atoms with Crippen molar-refractivity contribution in [3.8, 4) is 0 Å². The predicted molar refractivity (Wildman–Crippen MR) is 213 cm³/mol. The van der Waals surface area contributed by atoms with Gasteiger partial charge in [-0.3, -0.25) is 4.79 Å². The van der Waals surface area contributed by atoms with E-state index in [0.29, 0.717) is 6.42 Å². The van der Waals surface area contributed by atoms with Crippen molar-refractivity contribution in [1.82, 2.24) is 5.32 Å². The van der Waals surface area contributed by atoms with Crippen molar-refractivity contribution in [2.75, 3.05) is 6.61 Å². The minimum atomic E-state index is -1.10. The van der Waals surface area contributed by atoms with Gasteiger partial charge in [0.05, 0.1) is 18.8 Å². The fourth-order valence-corrected chi connectivity index (χ4v) is 6.59. The molecule has 0 aliphatic heterocycles. The summed E-state index contributed by atoms with van der Waals surface area (Å²) in [7, 11) is 0. The monoisotopic (exact) mass is 692 g/mol. The molecule has 1 amide bonds. The molecule has 0 aliphatic rings. The van der Waals surface area contributed by atoms with Gasteiger partial charge < -0.3 is 20.6 Å². The summed E-state index contributed by atoms with van der Waals surface area (Å²) in [6.45, 7) is 4.17. The minimum absolute atomic E-state index is 0.363. The van der Waals surface area contributed by atoms with E-state index in [2.05, 4.69) is 31.3 Å². The topological polar surface area (TPSA) is 89.8 Å². The molecule has 5 nitrogen and oxygen atoms in total. The van der Waals surface area contributed by atoms with Crippen LogP contribution in [0, 0.1) is 0 Å². The number of amides is 1. The van der Waals surface area contributed by atoms with E-state index in [1.807, 2.05) is 6.08 Å². The molecule has 0 rings (SSSR count). The van der Waals surface area contributed by atoms with Crippen LogP contribution in [0.1, 0.15) is 226 Å². The van der Waals surface area contributed by atoms with Crippen LogP contribution in [0.2, 0.25) is 0 Å². The normalized spacial score (nSPS) is 13.8. The number of nitrogens with one attached hydrogen (secondary N) is 1. The summed E-state index contributed by atoms with van der Waals surface area (Å²) in [5, 5.41) is 33.0. The van der Waals surface area contributed by atoms with E-state index in [4.69, 9.17) is 0 Å². The maximum absolute atomic E-state index is 12.4. The molecule has 0 heterocycles. The first-order valence-electron chi connectivity index (χ1n) is 21.7. The standard InChI is InChI=1S/C44H85NO4/c1-3-5-7-9-11-13-15-16-17-18-19-20-21-22-23-24-25-26-27-29-31-33-35-37-39-43(48)44(49)45-41(40-46)42(47)38-36-34-32-30-28-14-12-10-8-6-4-2/h22-23,36,38,41-43,46-48H,3-21,24-35,37,39-40H2,1-2H3,(H,45,49)/b23-22-,38-36+. The zero-order chi connectivity index (χ0) is 35.9. The average Bonchev–Trinajstić information content (AvgIpc) is 3.11. The summed E-state index contributed by atoms with van der Waals surface area (Å²) < 4.78 is 0. The Morgan fingerprint density at radius 1 is 0.490 bits per heavy atom. The number of hydrogen-bond acceptors (Lipinski definition) is 4. The van der Waals surface area contributed by atoms with Gasteiger partial charge in [0.15, 0.2) is 0 Å². The number of carbonyl (C=O) groups excluding carboxylic acids is 1. The molecule has 290 valence electrons. The van der Waals surface area contributed by atoms with Gasteiger partial charge in [-0.2, -0.15) is 0 Å². The van der Waals surface area contributed by atoms with Gasteiger partial charge in [-0.25, -0.2) is 0 Å². The van der Waals surface area contributed by atoms with Crippen LogP contribution >= 0.6 is 0 Å². The molecule has 3 unspecified atom stereocenters. The molecule has 0 fully saturated rings. The predicted octanol–water partition coefficient (Wildman–Crippen LogP) is 12.2. The lowest BCUT2D eigenvalue weighted by atomic mass is 10.0. The number of aliphatic hydroxyl groups excluding tert-OH is 3. The second kappa shape index (κ2) is 39.6. The third-order valence-corrected chi connectivity index (χ3v) is 10.0. The molecular formula is C44H85NO4. The Labute approximate surface area is 305 Å². The lowest BCUT2D eigenvalue weighted by Crippen LogP contribution is -2.48.